The molecule has 1 aromatic heterocycles. The van der Waals surface area contributed by atoms with E-state index in [2.05, 4.69) is 25.9 Å². The van der Waals surface area contributed by atoms with Gasteiger partial charge in [-0.05, 0) is 37.6 Å². The fourth-order valence-electron chi connectivity index (χ4n) is 2.18. The molecule has 7 heteroatoms. The largest absolute Gasteiger partial charge is 0.487 e. The highest BCUT2D eigenvalue weighted by atomic mass is 79.9. The summed E-state index contributed by atoms with van der Waals surface area (Å²) < 4.78 is 6.80. The van der Waals surface area contributed by atoms with Gasteiger partial charge >= 0.3 is 0 Å². The first-order chi connectivity index (χ1) is 10.8. The Hall–Kier alpha value is -2.15. The minimum absolute atomic E-state index is 0.129. The Morgan fingerprint density at radius 2 is 2.00 bits per heavy atom. The minimum Gasteiger partial charge on any atom is -0.487 e. The van der Waals surface area contributed by atoms with Gasteiger partial charge < -0.3 is 15.4 Å². The normalized spacial score (nSPS) is 10.5. The SMILES string of the molecule is Cc1cc(Br)ccc1OCc1nc(N)nc(C)c1C(=O)N(C)C. The summed E-state index contributed by atoms with van der Waals surface area (Å²) in [6.45, 7) is 3.83. The van der Waals surface area contributed by atoms with Crippen LogP contribution in [0.25, 0.3) is 0 Å². The van der Waals surface area contributed by atoms with Crippen LogP contribution >= 0.6 is 15.9 Å². The number of carbonyl (C=O) groups excluding carboxylic acids is 1. The molecule has 2 rings (SSSR count). The van der Waals surface area contributed by atoms with Gasteiger partial charge in [0.2, 0.25) is 5.95 Å². The number of aromatic nitrogens is 2. The van der Waals surface area contributed by atoms with Crippen LogP contribution in [0, 0.1) is 13.8 Å². The number of hydrogen-bond acceptors (Lipinski definition) is 5. The molecule has 0 aliphatic carbocycles. The Kier molecular flexibility index (Phi) is 5.20. The number of carbonyl (C=O) groups is 1. The van der Waals surface area contributed by atoms with Gasteiger partial charge in [-0.15, -0.1) is 0 Å². The smallest absolute Gasteiger partial charge is 0.257 e. The van der Waals surface area contributed by atoms with Gasteiger partial charge in [-0.2, -0.15) is 0 Å². The summed E-state index contributed by atoms with van der Waals surface area (Å²) in [4.78, 5) is 22.1. The monoisotopic (exact) mass is 378 g/mol. The number of rotatable bonds is 4. The molecule has 6 nitrogen and oxygen atoms in total. The zero-order chi connectivity index (χ0) is 17.1. The van der Waals surface area contributed by atoms with E-state index in [-0.39, 0.29) is 18.5 Å². The molecular weight excluding hydrogens is 360 g/mol. The second kappa shape index (κ2) is 6.95. The summed E-state index contributed by atoms with van der Waals surface area (Å²) >= 11 is 3.42. The lowest BCUT2D eigenvalue weighted by Crippen LogP contribution is -2.26. The molecule has 0 radical (unpaired) electrons. The van der Waals surface area contributed by atoms with E-state index in [1.165, 1.54) is 4.90 Å². The van der Waals surface area contributed by atoms with Crippen molar-refractivity contribution in [2.75, 3.05) is 19.8 Å². The summed E-state index contributed by atoms with van der Waals surface area (Å²) in [5.74, 6) is 0.684. The maximum Gasteiger partial charge on any atom is 0.257 e. The Morgan fingerprint density at radius 3 is 2.61 bits per heavy atom. The van der Waals surface area contributed by atoms with Crippen molar-refractivity contribution < 1.29 is 9.53 Å². The average molecular weight is 379 g/mol. The number of aryl methyl sites for hydroxylation is 2. The number of hydrogen-bond donors (Lipinski definition) is 1. The first-order valence-electron chi connectivity index (χ1n) is 7.03. The number of anilines is 1. The molecule has 0 atom stereocenters. The first-order valence-corrected chi connectivity index (χ1v) is 7.82. The zero-order valence-corrected chi connectivity index (χ0v) is 15.1. The lowest BCUT2D eigenvalue weighted by atomic mass is 10.1. The predicted octanol–water partition coefficient (Wildman–Crippen LogP) is 2.72. The number of nitrogen functional groups attached to an aromatic ring is 1. The molecule has 0 bridgehead atoms. The second-order valence-electron chi connectivity index (χ2n) is 5.39. The van der Waals surface area contributed by atoms with Crippen LogP contribution < -0.4 is 10.5 Å². The maximum absolute atomic E-state index is 12.4. The van der Waals surface area contributed by atoms with Crippen molar-refractivity contribution in [2.45, 2.75) is 20.5 Å². The molecule has 0 saturated carbocycles. The summed E-state index contributed by atoms with van der Waals surface area (Å²) in [6.07, 6.45) is 0. The Morgan fingerprint density at radius 1 is 1.30 bits per heavy atom. The molecule has 0 aliphatic heterocycles. The molecule has 0 aliphatic rings. The van der Waals surface area contributed by atoms with Crippen molar-refractivity contribution in [2.24, 2.45) is 0 Å². The molecule has 0 unspecified atom stereocenters. The quantitative estimate of drug-likeness (QED) is 0.884. The van der Waals surface area contributed by atoms with E-state index in [0.29, 0.717) is 17.0 Å². The second-order valence-corrected chi connectivity index (χ2v) is 6.30. The molecule has 0 fully saturated rings. The van der Waals surface area contributed by atoms with E-state index in [1.54, 1.807) is 21.0 Å². The third-order valence-electron chi connectivity index (χ3n) is 3.30. The van der Waals surface area contributed by atoms with Gasteiger partial charge in [0.05, 0.1) is 17.0 Å². The maximum atomic E-state index is 12.4. The van der Waals surface area contributed by atoms with Gasteiger partial charge in [0.15, 0.2) is 0 Å². The molecule has 2 aromatic rings. The summed E-state index contributed by atoms with van der Waals surface area (Å²) in [6, 6.07) is 5.72. The number of ether oxygens (including phenoxy) is 1. The van der Waals surface area contributed by atoms with E-state index in [0.717, 1.165) is 15.8 Å². The van der Waals surface area contributed by atoms with Crippen molar-refractivity contribution in [3.8, 4) is 5.75 Å². The lowest BCUT2D eigenvalue weighted by molar-refractivity contribution is 0.0823. The number of amides is 1. The van der Waals surface area contributed by atoms with Gasteiger partial charge in [-0.3, -0.25) is 4.79 Å². The van der Waals surface area contributed by atoms with Crippen LogP contribution in [0.15, 0.2) is 22.7 Å². The van der Waals surface area contributed by atoms with Crippen LogP contribution in [0.4, 0.5) is 5.95 Å². The van der Waals surface area contributed by atoms with E-state index in [1.807, 2.05) is 25.1 Å². The Balaban J connectivity index is 2.33. The van der Waals surface area contributed by atoms with Crippen molar-refractivity contribution in [1.29, 1.82) is 0 Å². The first kappa shape index (κ1) is 17.2. The van der Waals surface area contributed by atoms with Crippen LogP contribution in [-0.4, -0.2) is 34.9 Å². The topological polar surface area (TPSA) is 81.3 Å². The highest BCUT2D eigenvalue weighted by Crippen LogP contribution is 2.24. The van der Waals surface area contributed by atoms with E-state index < -0.39 is 0 Å². The number of benzene rings is 1. The van der Waals surface area contributed by atoms with Crippen molar-refractivity contribution in [1.82, 2.24) is 14.9 Å². The zero-order valence-electron chi connectivity index (χ0n) is 13.6. The lowest BCUT2D eigenvalue weighted by Gasteiger charge is -2.16. The molecule has 1 aromatic carbocycles. The highest BCUT2D eigenvalue weighted by molar-refractivity contribution is 9.10. The van der Waals surface area contributed by atoms with Crippen LogP contribution in [0.3, 0.4) is 0 Å². The standard InChI is InChI=1S/C16H19BrN4O2/c1-9-7-11(17)5-6-13(9)23-8-12-14(15(22)21(3)4)10(2)19-16(18)20-12/h5-7H,8H2,1-4H3,(H2,18,19,20). The van der Waals surface area contributed by atoms with Gasteiger partial charge in [0.1, 0.15) is 12.4 Å². The highest BCUT2D eigenvalue weighted by Gasteiger charge is 2.20. The minimum atomic E-state index is -0.173. The molecule has 1 heterocycles. The van der Waals surface area contributed by atoms with E-state index in [4.69, 9.17) is 10.5 Å². The molecule has 122 valence electrons. The third kappa shape index (κ3) is 3.98. The number of nitrogens with two attached hydrogens (primary N) is 1. The Labute approximate surface area is 143 Å². The van der Waals surface area contributed by atoms with Crippen LogP contribution in [0.5, 0.6) is 5.75 Å². The fourth-order valence-corrected chi connectivity index (χ4v) is 2.66. The van der Waals surface area contributed by atoms with Crippen LogP contribution in [0.1, 0.15) is 27.3 Å². The third-order valence-corrected chi connectivity index (χ3v) is 3.80. The van der Waals surface area contributed by atoms with Crippen LogP contribution in [-0.2, 0) is 6.61 Å². The molecule has 1 amide bonds. The summed E-state index contributed by atoms with van der Waals surface area (Å²) in [7, 11) is 3.36. The van der Waals surface area contributed by atoms with E-state index >= 15 is 0 Å². The van der Waals surface area contributed by atoms with Crippen LogP contribution in [0.2, 0.25) is 0 Å². The molecular formula is C16H19BrN4O2. The number of nitrogens with zero attached hydrogens (tertiary/aromatic N) is 3. The number of halogens is 1. The molecule has 23 heavy (non-hydrogen) atoms. The summed E-state index contributed by atoms with van der Waals surface area (Å²) in [5, 5.41) is 0. The van der Waals surface area contributed by atoms with E-state index in [9.17, 15) is 4.79 Å². The van der Waals surface area contributed by atoms with Crippen molar-refractivity contribution in [3.63, 3.8) is 0 Å². The predicted molar refractivity (Wildman–Crippen MR) is 92.4 cm³/mol. The summed E-state index contributed by atoms with van der Waals surface area (Å²) in [5.41, 5.74) is 8.16. The van der Waals surface area contributed by atoms with Gasteiger partial charge in [0, 0.05) is 18.6 Å². The van der Waals surface area contributed by atoms with Gasteiger partial charge in [-0.1, -0.05) is 15.9 Å². The van der Waals surface area contributed by atoms with Gasteiger partial charge in [0.25, 0.3) is 5.91 Å². The van der Waals surface area contributed by atoms with Crippen molar-refractivity contribution in [3.05, 3.63) is 45.2 Å². The molecule has 0 spiro atoms. The van der Waals surface area contributed by atoms with Gasteiger partial charge in [-0.25, -0.2) is 9.97 Å². The fraction of sp³-hybridized carbons (Fsp3) is 0.312. The van der Waals surface area contributed by atoms with Crippen molar-refractivity contribution >= 4 is 27.8 Å². The average Bonchev–Trinajstić information content (AvgIpc) is 2.45. The Bertz CT molecular complexity index is 747. The molecule has 0 saturated heterocycles. The molecule has 2 N–H and O–H groups in total.